The number of carbonyl (C=O) groups is 2. The molecule has 2 amide bonds. The van der Waals surface area contributed by atoms with Crippen LogP contribution in [-0.2, 0) is 4.79 Å². The van der Waals surface area contributed by atoms with E-state index >= 15 is 0 Å². The normalized spacial score (nSPS) is 16.3. The van der Waals surface area contributed by atoms with E-state index in [-0.39, 0.29) is 17.2 Å². The van der Waals surface area contributed by atoms with Crippen LogP contribution in [-0.4, -0.2) is 105 Å². The van der Waals surface area contributed by atoms with Gasteiger partial charge in [-0.3, -0.25) is 28.8 Å². The number of likely N-dealkylation sites (tertiary alicyclic amines) is 1. The molecule has 6 heterocycles. The Morgan fingerprint density at radius 1 is 0.912 bits per heavy atom. The van der Waals surface area contributed by atoms with E-state index in [0.29, 0.717) is 44.5 Å². The molecule has 15 nitrogen and oxygen atoms in total. The third kappa shape index (κ3) is 8.57. The largest absolute Gasteiger partial charge is 0.370 e. The standard InChI is InChI=1S/C40H44ClN11O4S/c1-26-6-5-7-30(41)36(26)47-37(55)31-21-42-38(57-31)45-32-20-33(44-27(2)43-32)49-18-16-48(17-19-49)14-4-3-8-35(54)51-24-40(25-51)22-50(23-40)28-9-11-29(12-10-28)52-15-13-34(53)46-39(52)56/h5-7,9-13,15,20-21H,3-4,8,14,16-19,22-25H2,1-2H3,(H,47,55)(H,46,53,56)(H,42,43,44,45). The molecule has 3 fully saturated rings. The zero-order valence-electron chi connectivity index (χ0n) is 31.8. The van der Waals surface area contributed by atoms with Crippen LogP contribution in [0, 0.1) is 19.3 Å². The van der Waals surface area contributed by atoms with Crippen LogP contribution in [0.2, 0.25) is 5.02 Å². The number of unbranched alkanes of at least 4 members (excludes halogenated alkanes) is 1. The number of nitrogens with one attached hydrogen (secondary N) is 3. The number of hydrogen-bond donors (Lipinski definition) is 3. The Kier molecular flexibility index (Phi) is 10.8. The van der Waals surface area contributed by atoms with Crippen molar-refractivity contribution >= 4 is 62.9 Å². The number of nitrogens with zero attached hydrogens (tertiary/aromatic N) is 8. The fourth-order valence-electron chi connectivity index (χ4n) is 7.79. The highest BCUT2D eigenvalue weighted by Crippen LogP contribution is 2.42. The summed E-state index contributed by atoms with van der Waals surface area (Å²) in [5.41, 5.74) is 2.53. The molecule has 5 aromatic rings. The second kappa shape index (κ2) is 16.1. The number of aromatic amines is 1. The van der Waals surface area contributed by atoms with Crippen LogP contribution in [0.4, 0.5) is 28.1 Å². The van der Waals surface area contributed by atoms with E-state index < -0.39 is 11.2 Å². The number of hydrogen-bond acceptors (Lipinski definition) is 12. The summed E-state index contributed by atoms with van der Waals surface area (Å²) in [4.78, 5) is 74.8. The highest BCUT2D eigenvalue weighted by atomic mass is 35.5. The first kappa shape index (κ1) is 38.3. The van der Waals surface area contributed by atoms with Crippen molar-refractivity contribution in [2.75, 3.05) is 79.3 Å². The Balaban J connectivity index is 0.732. The average Bonchev–Trinajstić information content (AvgIpc) is 3.63. The lowest BCUT2D eigenvalue weighted by Crippen LogP contribution is -2.73. The number of H-pyrrole nitrogens is 1. The van der Waals surface area contributed by atoms with Gasteiger partial charge < -0.3 is 25.3 Å². The number of aryl methyl sites for hydroxylation is 2. The fourth-order valence-corrected chi connectivity index (χ4v) is 8.78. The molecule has 3 aliphatic rings. The van der Waals surface area contributed by atoms with Gasteiger partial charge in [-0.25, -0.2) is 19.7 Å². The molecule has 17 heteroatoms. The topological polar surface area (TPSA) is 165 Å². The Morgan fingerprint density at radius 2 is 1.67 bits per heavy atom. The summed E-state index contributed by atoms with van der Waals surface area (Å²) in [7, 11) is 0. The van der Waals surface area contributed by atoms with Crippen LogP contribution in [0.5, 0.6) is 0 Å². The summed E-state index contributed by atoms with van der Waals surface area (Å²) in [5.74, 6) is 2.07. The predicted molar refractivity (Wildman–Crippen MR) is 223 cm³/mol. The molecule has 3 saturated heterocycles. The van der Waals surface area contributed by atoms with Gasteiger partial charge in [0, 0.05) is 88.2 Å². The van der Waals surface area contributed by atoms with E-state index in [1.807, 2.05) is 61.2 Å². The number of halogens is 1. The molecule has 0 saturated carbocycles. The summed E-state index contributed by atoms with van der Waals surface area (Å²) in [6, 6.07) is 16.5. The molecule has 2 aromatic carbocycles. The number of benzene rings is 2. The number of carbonyl (C=O) groups excluding carboxylic acids is 2. The molecule has 0 radical (unpaired) electrons. The van der Waals surface area contributed by atoms with Crippen molar-refractivity contribution in [1.82, 2.24) is 34.3 Å². The molecule has 296 valence electrons. The van der Waals surface area contributed by atoms with Crippen molar-refractivity contribution in [3.05, 3.63) is 109 Å². The summed E-state index contributed by atoms with van der Waals surface area (Å²) >= 11 is 7.53. The van der Waals surface area contributed by atoms with Crippen molar-refractivity contribution < 1.29 is 9.59 Å². The molecular formula is C40H44ClN11O4S. The molecule has 1 spiro atoms. The smallest absolute Gasteiger partial charge is 0.332 e. The quantitative estimate of drug-likeness (QED) is 0.150. The maximum absolute atomic E-state index is 13.0. The molecule has 0 atom stereocenters. The van der Waals surface area contributed by atoms with Crippen LogP contribution in [0.15, 0.2) is 76.6 Å². The fraction of sp³-hybridized carbons (Fsp3) is 0.375. The number of aromatic nitrogens is 5. The molecule has 3 aromatic heterocycles. The highest BCUT2D eigenvalue weighted by Gasteiger charge is 2.53. The van der Waals surface area contributed by atoms with Gasteiger partial charge in [0.25, 0.3) is 11.5 Å². The lowest BCUT2D eigenvalue weighted by atomic mass is 9.72. The van der Waals surface area contributed by atoms with Crippen molar-refractivity contribution in [3.63, 3.8) is 0 Å². The number of para-hydroxylation sites is 1. The van der Waals surface area contributed by atoms with Gasteiger partial charge >= 0.3 is 5.69 Å². The van der Waals surface area contributed by atoms with Crippen LogP contribution >= 0.6 is 22.9 Å². The molecule has 0 unspecified atom stereocenters. The maximum Gasteiger partial charge on any atom is 0.332 e. The molecule has 57 heavy (non-hydrogen) atoms. The van der Waals surface area contributed by atoms with Crippen LogP contribution < -0.4 is 31.7 Å². The maximum atomic E-state index is 13.0. The minimum Gasteiger partial charge on any atom is -0.370 e. The lowest BCUT2D eigenvalue weighted by Gasteiger charge is -2.61. The van der Waals surface area contributed by atoms with Gasteiger partial charge in [-0.05, 0) is 69.1 Å². The van der Waals surface area contributed by atoms with Crippen molar-refractivity contribution in [2.24, 2.45) is 5.41 Å². The first-order valence-corrected chi connectivity index (χ1v) is 20.3. The monoisotopic (exact) mass is 809 g/mol. The van der Waals surface area contributed by atoms with Crippen LogP contribution in [0.3, 0.4) is 0 Å². The number of piperazine rings is 1. The Bertz CT molecular complexity index is 2370. The van der Waals surface area contributed by atoms with E-state index in [0.717, 1.165) is 88.8 Å². The summed E-state index contributed by atoms with van der Waals surface area (Å²) < 4.78 is 1.41. The zero-order valence-corrected chi connectivity index (χ0v) is 33.4. The lowest BCUT2D eigenvalue weighted by molar-refractivity contribution is -0.145. The van der Waals surface area contributed by atoms with Crippen molar-refractivity contribution in [1.29, 1.82) is 0 Å². The minimum atomic E-state index is -0.464. The van der Waals surface area contributed by atoms with Gasteiger partial charge in [0.1, 0.15) is 22.3 Å². The Labute approximate surface area is 338 Å². The summed E-state index contributed by atoms with van der Waals surface area (Å²) in [6.07, 6.45) is 5.44. The van der Waals surface area contributed by atoms with E-state index in [4.69, 9.17) is 16.6 Å². The number of anilines is 5. The van der Waals surface area contributed by atoms with Gasteiger partial charge in [-0.15, -0.1) is 0 Å². The van der Waals surface area contributed by atoms with Gasteiger partial charge in [0.15, 0.2) is 5.13 Å². The van der Waals surface area contributed by atoms with Crippen LogP contribution in [0.25, 0.3) is 5.69 Å². The predicted octanol–water partition coefficient (Wildman–Crippen LogP) is 4.68. The van der Waals surface area contributed by atoms with E-state index in [1.165, 1.54) is 34.4 Å². The van der Waals surface area contributed by atoms with Gasteiger partial charge in [0.05, 0.1) is 22.6 Å². The van der Waals surface area contributed by atoms with Crippen LogP contribution in [0.1, 0.15) is 40.3 Å². The van der Waals surface area contributed by atoms with Gasteiger partial charge in [0.2, 0.25) is 5.91 Å². The molecule has 0 aliphatic carbocycles. The number of thiazole rings is 1. The van der Waals surface area contributed by atoms with Crippen molar-refractivity contribution in [2.45, 2.75) is 33.1 Å². The molecule has 3 N–H and O–H groups in total. The highest BCUT2D eigenvalue weighted by molar-refractivity contribution is 7.17. The molecular weight excluding hydrogens is 766 g/mol. The Morgan fingerprint density at radius 3 is 2.40 bits per heavy atom. The third-order valence-corrected chi connectivity index (χ3v) is 12.1. The first-order chi connectivity index (χ1) is 27.5. The molecule has 0 bridgehead atoms. The third-order valence-electron chi connectivity index (χ3n) is 10.8. The van der Waals surface area contributed by atoms with Gasteiger partial charge in [-0.2, -0.15) is 0 Å². The Hall–Kier alpha value is -5.58. The number of rotatable bonds is 12. The summed E-state index contributed by atoms with van der Waals surface area (Å²) in [6.45, 7) is 11.6. The second-order valence-electron chi connectivity index (χ2n) is 15.1. The second-order valence-corrected chi connectivity index (χ2v) is 16.5. The average molecular weight is 810 g/mol. The molecule has 3 aliphatic heterocycles. The van der Waals surface area contributed by atoms with E-state index in [1.54, 1.807) is 6.07 Å². The van der Waals surface area contributed by atoms with E-state index in [2.05, 4.69) is 40.3 Å². The summed E-state index contributed by atoms with van der Waals surface area (Å²) in [5, 5.41) is 7.17. The zero-order chi connectivity index (χ0) is 39.7. The number of amides is 2. The van der Waals surface area contributed by atoms with Gasteiger partial charge in [-0.1, -0.05) is 35.1 Å². The van der Waals surface area contributed by atoms with E-state index in [9.17, 15) is 19.2 Å². The molecule has 8 rings (SSSR count). The SMILES string of the molecule is Cc1nc(Nc2ncc(C(=O)Nc3c(C)cccc3Cl)s2)cc(N2CCN(CCCCC(=O)N3CC4(C3)CN(c3ccc(-n5ccc(=O)[nH]c5=O)cc3)C4)CC2)n1. The first-order valence-electron chi connectivity index (χ1n) is 19.1. The minimum absolute atomic E-state index is 0.170. The van der Waals surface area contributed by atoms with Crippen molar-refractivity contribution in [3.8, 4) is 5.69 Å².